The first kappa shape index (κ1) is 13.8. The second-order valence-corrected chi connectivity index (χ2v) is 4.58. The van der Waals surface area contributed by atoms with Crippen LogP contribution in [-0.2, 0) is 18.2 Å². The van der Waals surface area contributed by atoms with Crippen LogP contribution in [0.5, 0.6) is 0 Å². The van der Waals surface area contributed by atoms with E-state index < -0.39 is 0 Å². The van der Waals surface area contributed by atoms with Crippen LogP contribution in [-0.4, -0.2) is 21.4 Å². The Balaban J connectivity index is 2.23. The Morgan fingerprint density at radius 3 is 2.95 bits per heavy atom. The number of pyridine rings is 1. The molecule has 0 amide bonds. The van der Waals surface area contributed by atoms with Gasteiger partial charge in [-0.05, 0) is 11.6 Å². The number of aryl methyl sites for hydroxylation is 1. The van der Waals surface area contributed by atoms with Crippen LogP contribution in [0.3, 0.4) is 0 Å². The lowest BCUT2D eigenvalue weighted by Gasteiger charge is -2.18. The van der Waals surface area contributed by atoms with Gasteiger partial charge in [0.15, 0.2) is 0 Å². The van der Waals surface area contributed by atoms with E-state index in [9.17, 15) is 0 Å². The van der Waals surface area contributed by atoms with E-state index in [1.54, 1.807) is 23.2 Å². The molecular formula is C14H16ClN3O. The van der Waals surface area contributed by atoms with Gasteiger partial charge in [-0.2, -0.15) is 5.10 Å². The van der Waals surface area contributed by atoms with Crippen molar-refractivity contribution < 1.29 is 4.74 Å². The molecule has 0 fully saturated rings. The largest absolute Gasteiger partial charge is 0.367 e. The normalized spacial score (nSPS) is 12.3. The number of hydrogen-bond acceptors (Lipinski definition) is 3. The average Bonchev–Trinajstić information content (AvgIpc) is 2.75. The van der Waals surface area contributed by atoms with Gasteiger partial charge in [0, 0.05) is 25.9 Å². The van der Waals surface area contributed by atoms with Gasteiger partial charge in [0.25, 0.3) is 0 Å². The molecule has 19 heavy (non-hydrogen) atoms. The Kier molecular flexibility index (Phi) is 4.71. The van der Waals surface area contributed by atoms with E-state index in [1.807, 2.05) is 25.4 Å². The fourth-order valence-electron chi connectivity index (χ4n) is 1.93. The highest BCUT2D eigenvalue weighted by atomic mass is 35.5. The molecule has 0 N–H and O–H groups in total. The molecule has 0 aromatic carbocycles. The summed E-state index contributed by atoms with van der Waals surface area (Å²) in [6, 6.07) is 3.92. The second kappa shape index (κ2) is 6.50. The Hall–Kier alpha value is -1.65. The summed E-state index contributed by atoms with van der Waals surface area (Å²) in [6.45, 7) is 4.14. The monoisotopic (exact) mass is 277 g/mol. The summed E-state index contributed by atoms with van der Waals surface area (Å²) in [6.07, 6.45) is 7.46. The van der Waals surface area contributed by atoms with Crippen LogP contribution in [0.25, 0.3) is 0 Å². The Morgan fingerprint density at radius 1 is 1.53 bits per heavy atom. The van der Waals surface area contributed by atoms with Crippen LogP contribution in [0.4, 0.5) is 0 Å². The third-order valence-corrected chi connectivity index (χ3v) is 3.09. The van der Waals surface area contributed by atoms with Crippen molar-refractivity contribution in [2.24, 2.45) is 7.05 Å². The summed E-state index contributed by atoms with van der Waals surface area (Å²) in [5.74, 6) is 0. The fraction of sp³-hybridized carbons (Fsp3) is 0.286. The zero-order valence-corrected chi connectivity index (χ0v) is 11.5. The molecule has 4 nitrogen and oxygen atoms in total. The van der Waals surface area contributed by atoms with Crippen molar-refractivity contribution in [3.63, 3.8) is 0 Å². The van der Waals surface area contributed by atoms with Gasteiger partial charge in [-0.3, -0.25) is 9.67 Å². The first-order valence-electron chi connectivity index (χ1n) is 6.01. The predicted octanol–water partition coefficient (Wildman–Crippen LogP) is 2.95. The molecule has 2 rings (SSSR count). The van der Waals surface area contributed by atoms with Crippen molar-refractivity contribution in [1.29, 1.82) is 0 Å². The van der Waals surface area contributed by atoms with E-state index in [2.05, 4.69) is 16.7 Å². The standard InChI is InChI=1S/C14H16ClN3O/c1-3-7-19-13(8-11-5-4-6-16-9-11)14-12(15)10-17-18(14)2/h3-6,9-10,13H,1,7-8H2,2H3. The van der Waals surface area contributed by atoms with Crippen molar-refractivity contribution in [3.8, 4) is 0 Å². The predicted molar refractivity (Wildman–Crippen MR) is 75.0 cm³/mol. The molecule has 0 aliphatic heterocycles. The third kappa shape index (κ3) is 3.43. The van der Waals surface area contributed by atoms with Gasteiger partial charge >= 0.3 is 0 Å². The van der Waals surface area contributed by atoms with Crippen LogP contribution in [0, 0.1) is 0 Å². The second-order valence-electron chi connectivity index (χ2n) is 4.18. The quantitative estimate of drug-likeness (QED) is 0.762. The molecule has 100 valence electrons. The molecule has 0 aliphatic carbocycles. The van der Waals surface area contributed by atoms with E-state index in [0.29, 0.717) is 18.1 Å². The topological polar surface area (TPSA) is 39.9 Å². The van der Waals surface area contributed by atoms with Crippen molar-refractivity contribution in [3.05, 3.63) is 59.7 Å². The fourth-order valence-corrected chi connectivity index (χ4v) is 2.22. The molecule has 0 saturated heterocycles. The molecule has 0 aliphatic rings. The summed E-state index contributed by atoms with van der Waals surface area (Å²) in [5.41, 5.74) is 1.96. The molecule has 0 radical (unpaired) electrons. The maximum atomic E-state index is 6.18. The molecule has 0 saturated carbocycles. The first-order valence-corrected chi connectivity index (χ1v) is 6.39. The maximum absolute atomic E-state index is 6.18. The lowest BCUT2D eigenvalue weighted by Crippen LogP contribution is -2.13. The summed E-state index contributed by atoms with van der Waals surface area (Å²) in [5, 5.41) is 4.76. The van der Waals surface area contributed by atoms with Gasteiger partial charge in [0.2, 0.25) is 0 Å². The maximum Gasteiger partial charge on any atom is 0.105 e. The lowest BCUT2D eigenvalue weighted by molar-refractivity contribution is 0.0684. The van der Waals surface area contributed by atoms with Crippen molar-refractivity contribution in [1.82, 2.24) is 14.8 Å². The minimum atomic E-state index is -0.165. The van der Waals surface area contributed by atoms with Crippen molar-refractivity contribution >= 4 is 11.6 Å². The van der Waals surface area contributed by atoms with Crippen LogP contribution in [0.1, 0.15) is 17.4 Å². The smallest absolute Gasteiger partial charge is 0.105 e. The molecule has 1 unspecified atom stereocenters. The first-order chi connectivity index (χ1) is 9.22. The van der Waals surface area contributed by atoms with Gasteiger partial charge in [-0.1, -0.05) is 23.7 Å². The highest BCUT2D eigenvalue weighted by Crippen LogP contribution is 2.27. The minimum absolute atomic E-state index is 0.165. The van der Waals surface area contributed by atoms with Gasteiger partial charge < -0.3 is 4.74 Å². The molecular weight excluding hydrogens is 262 g/mol. The highest BCUT2D eigenvalue weighted by Gasteiger charge is 2.20. The van der Waals surface area contributed by atoms with Crippen LogP contribution in [0.15, 0.2) is 43.4 Å². The molecule has 2 heterocycles. The Labute approximate surface area is 117 Å². The molecule has 0 bridgehead atoms. The van der Waals surface area contributed by atoms with Crippen LogP contribution >= 0.6 is 11.6 Å². The summed E-state index contributed by atoms with van der Waals surface area (Å²) >= 11 is 6.18. The number of rotatable bonds is 6. The van der Waals surface area contributed by atoms with E-state index >= 15 is 0 Å². The molecule has 2 aromatic rings. The minimum Gasteiger partial charge on any atom is -0.367 e. The van der Waals surface area contributed by atoms with E-state index in [1.165, 1.54) is 0 Å². The van der Waals surface area contributed by atoms with Crippen LogP contribution < -0.4 is 0 Å². The summed E-state index contributed by atoms with van der Waals surface area (Å²) < 4.78 is 7.55. The lowest BCUT2D eigenvalue weighted by atomic mass is 10.1. The summed E-state index contributed by atoms with van der Waals surface area (Å²) in [7, 11) is 1.86. The Morgan fingerprint density at radius 2 is 2.37 bits per heavy atom. The number of hydrogen-bond donors (Lipinski definition) is 0. The summed E-state index contributed by atoms with van der Waals surface area (Å²) in [4.78, 5) is 4.11. The van der Waals surface area contributed by atoms with E-state index in [0.717, 1.165) is 11.3 Å². The van der Waals surface area contributed by atoms with Crippen molar-refractivity contribution in [2.45, 2.75) is 12.5 Å². The number of aromatic nitrogens is 3. The molecule has 2 aromatic heterocycles. The molecule has 0 spiro atoms. The number of nitrogens with zero attached hydrogens (tertiary/aromatic N) is 3. The van der Waals surface area contributed by atoms with Gasteiger partial charge in [-0.15, -0.1) is 6.58 Å². The Bertz CT molecular complexity index is 519. The van der Waals surface area contributed by atoms with Gasteiger partial charge in [-0.25, -0.2) is 0 Å². The molecule has 5 heteroatoms. The van der Waals surface area contributed by atoms with Crippen LogP contribution in [0.2, 0.25) is 5.02 Å². The zero-order chi connectivity index (χ0) is 13.7. The highest BCUT2D eigenvalue weighted by molar-refractivity contribution is 6.31. The molecule has 1 atom stereocenters. The number of halogens is 1. The van der Waals surface area contributed by atoms with Crippen molar-refractivity contribution in [2.75, 3.05) is 6.61 Å². The SMILES string of the molecule is C=CCOC(Cc1cccnc1)c1c(Cl)cnn1C. The third-order valence-electron chi connectivity index (χ3n) is 2.80. The van der Waals surface area contributed by atoms with Gasteiger partial charge in [0.05, 0.1) is 23.5 Å². The van der Waals surface area contributed by atoms with E-state index in [4.69, 9.17) is 16.3 Å². The zero-order valence-electron chi connectivity index (χ0n) is 10.8. The van der Waals surface area contributed by atoms with Gasteiger partial charge in [0.1, 0.15) is 6.10 Å². The average molecular weight is 278 g/mol. The number of ether oxygens (including phenoxy) is 1. The van der Waals surface area contributed by atoms with E-state index in [-0.39, 0.29) is 6.10 Å².